The summed E-state index contributed by atoms with van der Waals surface area (Å²) in [4.78, 5) is 24.3. The molecule has 0 unspecified atom stereocenters. The topological polar surface area (TPSA) is 128 Å². The second-order valence-corrected chi connectivity index (χ2v) is 4.38. The molecule has 0 fully saturated rings. The summed E-state index contributed by atoms with van der Waals surface area (Å²) in [7, 11) is 1.27. The van der Waals surface area contributed by atoms with Gasteiger partial charge in [0.05, 0.1) is 22.6 Å². The Bertz CT molecular complexity index is 786. The Balaban J connectivity index is 2.33. The van der Waals surface area contributed by atoms with Crippen molar-refractivity contribution in [2.75, 3.05) is 7.11 Å². The fraction of sp³-hybridized carbons (Fsp3) is 0.0714. The number of hydrogen-bond donors (Lipinski definition) is 1. The van der Waals surface area contributed by atoms with Crippen molar-refractivity contribution in [2.45, 2.75) is 0 Å². The van der Waals surface area contributed by atoms with Gasteiger partial charge >= 0.3 is 5.69 Å². The normalized spacial score (nSPS) is 10.7. The number of hydrogen-bond acceptors (Lipinski definition) is 7. The Morgan fingerprint density at radius 2 is 1.78 bits per heavy atom. The first kappa shape index (κ1) is 15.9. The van der Waals surface area contributed by atoms with E-state index in [0.29, 0.717) is 11.3 Å². The SMILES string of the molecule is COc1cc(C=Nc2ccc([N+](=O)[O-])cc2)cc([N+](=O)[O-])c1O. The molecule has 0 aromatic heterocycles. The number of aliphatic imine (C=N–C) groups is 1. The van der Waals surface area contributed by atoms with Gasteiger partial charge in [-0.3, -0.25) is 25.2 Å². The van der Waals surface area contributed by atoms with Gasteiger partial charge in [-0.25, -0.2) is 0 Å². The van der Waals surface area contributed by atoms with E-state index in [2.05, 4.69) is 4.99 Å². The molecule has 0 aliphatic carbocycles. The molecule has 2 rings (SSSR count). The van der Waals surface area contributed by atoms with E-state index in [0.717, 1.165) is 6.07 Å². The van der Waals surface area contributed by atoms with Crippen molar-refractivity contribution in [3.8, 4) is 11.5 Å². The third kappa shape index (κ3) is 3.59. The second kappa shape index (κ2) is 6.52. The smallest absolute Gasteiger partial charge is 0.315 e. The number of phenols is 1. The Labute approximate surface area is 129 Å². The van der Waals surface area contributed by atoms with Crippen LogP contribution in [0.15, 0.2) is 41.4 Å². The lowest BCUT2D eigenvalue weighted by Gasteiger charge is -2.05. The molecule has 9 nitrogen and oxygen atoms in total. The number of nitro benzene ring substituents is 2. The van der Waals surface area contributed by atoms with Gasteiger partial charge < -0.3 is 9.84 Å². The summed E-state index contributed by atoms with van der Waals surface area (Å²) < 4.78 is 4.88. The van der Waals surface area contributed by atoms with E-state index >= 15 is 0 Å². The standard InChI is InChI=1S/C14H11N3O6/c1-23-13-7-9(6-12(14(13)18)17(21)22)8-15-10-2-4-11(5-3-10)16(19)20/h2-8,18H,1H3. The number of nitrogens with zero attached hydrogens (tertiary/aromatic N) is 3. The highest BCUT2D eigenvalue weighted by atomic mass is 16.6. The van der Waals surface area contributed by atoms with Crippen molar-refractivity contribution in [2.24, 2.45) is 4.99 Å². The highest BCUT2D eigenvalue weighted by Gasteiger charge is 2.19. The van der Waals surface area contributed by atoms with Crippen molar-refractivity contribution >= 4 is 23.3 Å². The average molecular weight is 317 g/mol. The van der Waals surface area contributed by atoms with Crippen LogP contribution in [0.2, 0.25) is 0 Å². The number of benzene rings is 2. The number of phenolic OH excluding ortho intramolecular Hbond substituents is 1. The van der Waals surface area contributed by atoms with Gasteiger partial charge in [0.1, 0.15) is 0 Å². The molecular weight excluding hydrogens is 306 g/mol. The molecule has 23 heavy (non-hydrogen) atoms. The van der Waals surface area contributed by atoms with E-state index < -0.39 is 21.3 Å². The number of rotatable bonds is 5. The minimum absolute atomic E-state index is 0.0515. The first-order valence-corrected chi connectivity index (χ1v) is 6.26. The number of ether oxygens (including phenoxy) is 1. The molecule has 9 heteroatoms. The fourth-order valence-electron chi connectivity index (χ4n) is 1.79. The molecule has 2 aromatic carbocycles. The maximum atomic E-state index is 10.9. The lowest BCUT2D eigenvalue weighted by atomic mass is 10.2. The van der Waals surface area contributed by atoms with E-state index in [1.807, 2.05) is 0 Å². The molecule has 1 N–H and O–H groups in total. The summed E-state index contributed by atoms with van der Waals surface area (Å²) in [6.45, 7) is 0. The van der Waals surface area contributed by atoms with Crippen LogP contribution in [0, 0.1) is 20.2 Å². The molecule has 0 atom stereocenters. The molecule has 0 heterocycles. The van der Waals surface area contributed by atoms with E-state index in [4.69, 9.17) is 4.74 Å². The van der Waals surface area contributed by atoms with Crippen LogP contribution in [0.3, 0.4) is 0 Å². The van der Waals surface area contributed by atoms with Gasteiger partial charge in [0.25, 0.3) is 5.69 Å². The van der Waals surface area contributed by atoms with Crippen LogP contribution in [0.4, 0.5) is 17.1 Å². The zero-order valence-electron chi connectivity index (χ0n) is 11.9. The summed E-state index contributed by atoms with van der Waals surface area (Å²) in [6, 6.07) is 8.02. The van der Waals surface area contributed by atoms with E-state index in [1.54, 1.807) is 0 Å². The zero-order chi connectivity index (χ0) is 17.0. The molecule has 0 aliphatic heterocycles. The molecule has 0 amide bonds. The zero-order valence-corrected chi connectivity index (χ0v) is 11.9. The van der Waals surface area contributed by atoms with Crippen molar-refractivity contribution < 1.29 is 19.7 Å². The molecule has 0 saturated heterocycles. The highest BCUT2D eigenvalue weighted by molar-refractivity contribution is 5.85. The van der Waals surface area contributed by atoms with Gasteiger partial charge in [0.15, 0.2) is 5.75 Å². The van der Waals surface area contributed by atoms with Gasteiger partial charge in [-0.1, -0.05) is 0 Å². The third-order valence-corrected chi connectivity index (χ3v) is 2.92. The molecule has 0 bridgehead atoms. The molecule has 118 valence electrons. The minimum Gasteiger partial charge on any atom is -0.500 e. The number of non-ortho nitro benzene ring substituents is 1. The van der Waals surface area contributed by atoms with Crippen LogP contribution in [-0.4, -0.2) is 28.3 Å². The van der Waals surface area contributed by atoms with Gasteiger partial charge in [-0.15, -0.1) is 0 Å². The summed E-state index contributed by atoms with van der Waals surface area (Å²) in [5.41, 5.74) is 0.204. The molecule has 0 saturated carbocycles. The lowest BCUT2D eigenvalue weighted by molar-refractivity contribution is -0.386. The van der Waals surface area contributed by atoms with Crippen molar-refractivity contribution in [1.82, 2.24) is 0 Å². The molecule has 2 aromatic rings. The highest BCUT2D eigenvalue weighted by Crippen LogP contribution is 2.36. The summed E-state index contributed by atoms with van der Waals surface area (Å²) in [5, 5.41) is 31.1. The van der Waals surface area contributed by atoms with E-state index in [9.17, 15) is 25.3 Å². The molecule has 0 radical (unpaired) electrons. The minimum atomic E-state index is -0.735. The van der Waals surface area contributed by atoms with Gasteiger partial charge in [-0.2, -0.15) is 0 Å². The van der Waals surface area contributed by atoms with Crippen molar-refractivity contribution in [3.05, 3.63) is 62.2 Å². The van der Waals surface area contributed by atoms with Crippen molar-refractivity contribution in [1.29, 1.82) is 0 Å². The predicted molar refractivity (Wildman–Crippen MR) is 81.7 cm³/mol. The van der Waals surface area contributed by atoms with Crippen LogP contribution >= 0.6 is 0 Å². The molecular formula is C14H11N3O6. The number of methoxy groups -OCH3 is 1. The number of aromatic hydroxyl groups is 1. The Hall–Kier alpha value is -3.49. The van der Waals surface area contributed by atoms with E-state index in [-0.39, 0.29) is 11.4 Å². The molecule has 0 aliphatic rings. The maximum Gasteiger partial charge on any atom is 0.315 e. The average Bonchev–Trinajstić information content (AvgIpc) is 2.53. The summed E-state index contributed by atoms with van der Waals surface area (Å²) in [5.74, 6) is -0.616. The quantitative estimate of drug-likeness (QED) is 0.513. The maximum absolute atomic E-state index is 10.9. The lowest BCUT2D eigenvalue weighted by Crippen LogP contribution is -1.94. The number of nitro groups is 2. The fourth-order valence-corrected chi connectivity index (χ4v) is 1.79. The third-order valence-electron chi connectivity index (χ3n) is 2.92. The largest absolute Gasteiger partial charge is 0.500 e. The monoisotopic (exact) mass is 317 g/mol. The predicted octanol–water partition coefficient (Wildman–Crippen LogP) is 2.97. The Kier molecular flexibility index (Phi) is 4.50. The first-order valence-electron chi connectivity index (χ1n) is 6.26. The summed E-state index contributed by atoms with van der Waals surface area (Å²) >= 11 is 0. The van der Waals surface area contributed by atoms with Gasteiger partial charge in [0, 0.05) is 30.0 Å². The van der Waals surface area contributed by atoms with E-state index in [1.165, 1.54) is 43.7 Å². The van der Waals surface area contributed by atoms with Crippen LogP contribution in [0.1, 0.15) is 5.56 Å². The van der Waals surface area contributed by atoms with Crippen LogP contribution < -0.4 is 4.74 Å². The molecule has 0 spiro atoms. The Morgan fingerprint density at radius 3 is 2.30 bits per heavy atom. The van der Waals surface area contributed by atoms with Gasteiger partial charge in [-0.05, 0) is 18.2 Å². The van der Waals surface area contributed by atoms with Crippen molar-refractivity contribution in [3.63, 3.8) is 0 Å². The second-order valence-electron chi connectivity index (χ2n) is 4.38. The first-order chi connectivity index (χ1) is 10.9. The van der Waals surface area contributed by atoms with Crippen LogP contribution in [-0.2, 0) is 0 Å². The van der Waals surface area contributed by atoms with Gasteiger partial charge in [0.2, 0.25) is 5.75 Å². The van der Waals surface area contributed by atoms with Crippen LogP contribution in [0.5, 0.6) is 11.5 Å². The Morgan fingerprint density at radius 1 is 1.13 bits per heavy atom. The summed E-state index contributed by atoms with van der Waals surface area (Å²) in [6.07, 6.45) is 1.33. The van der Waals surface area contributed by atoms with Crippen LogP contribution in [0.25, 0.3) is 0 Å².